The minimum absolute atomic E-state index is 0.231. The molecule has 0 aliphatic rings. The van der Waals surface area contributed by atoms with E-state index in [1.807, 2.05) is 35.7 Å². The molecule has 0 amide bonds. The summed E-state index contributed by atoms with van der Waals surface area (Å²) in [6.45, 7) is 0. The lowest BCUT2D eigenvalue weighted by Gasteiger charge is -2.01. The Bertz CT molecular complexity index is 553. The van der Waals surface area contributed by atoms with Crippen LogP contribution in [0.15, 0.2) is 45.1 Å². The van der Waals surface area contributed by atoms with Crippen molar-refractivity contribution in [2.75, 3.05) is 5.75 Å². The SMILES string of the molecule is O=C(CSc1cccc(Cl)c1)Cc1cc(Br)cs1. The van der Waals surface area contributed by atoms with Crippen molar-refractivity contribution in [1.29, 1.82) is 0 Å². The number of thioether (sulfide) groups is 1. The molecular formula is C13H10BrClOS2. The van der Waals surface area contributed by atoms with Crippen molar-refractivity contribution in [3.8, 4) is 0 Å². The van der Waals surface area contributed by atoms with Gasteiger partial charge in [0.2, 0.25) is 0 Å². The van der Waals surface area contributed by atoms with Gasteiger partial charge in [-0.25, -0.2) is 0 Å². The van der Waals surface area contributed by atoms with Gasteiger partial charge in [0.1, 0.15) is 5.78 Å². The van der Waals surface area contributed by atoms with Crippen LogP contribution in [0.2, 0.25) is 5.02 Å². The first kappa shape index (κ1) is 14.1. The summed E-state index contributed by atoms with van der Waals surface area (Å²) < 4.78 is 1.04. The van der Waals surface area contributed by atoms with Crippen LogP contribution in [-0.2, 0) is 11.2 Å². The molecule has 94 valence electrons. The first-order chi connectivity index (χ1) is 8.63. The number of hydrogen-bond acceptors (Lipinski definition) is 3. The molecule has 1 heterocycles. The first-order valence-corrected chi connectivity index (χ1v) is 8.30. The molecular weight excluding hydrogens is 352 g/mol. The number of hydrogen-bond donors (Lipinski definition) is 0. The molecule has 0 radical (unpaired) electrons. The van der Waals surface area contributed by atoms with Crippen molar-refractivity contribution >= 4 is 56.4 Å². The minimum Gasteiger partial charge on any atom is -0.298 e. The Morgan fingerprint density at radius 1 is 1.39 bits per heavy atom. The van der Waals surface area contributed by atoms with Gasteiger partial charge in [0, 0.05) is 31.1 Å². The number of carbonyl (C=O) groups is 1. The van der Waals surface area contributed by atoms with Crippen LogP contribution in [0.3, 0.4) is 0 Å². The topological polar surface area (TPSA) is 17.1 Å². The van der Waals surface area contributed by atoms with E-state index in [1.165, 1.54) is 11.8 Å². The maximum atomic E-state index is 11.8. The second-order valence-electron chi connectivity index (χ2n) is 3.69. The fourth-order valence-electron chi connectivity index (χ4n) is 1.41. The molecule has 5 heteroatoms. The molecule has 0 atom stereocenters. The molecule has 0 N–H and O–H groups in total. The lowest BCUT2D eigenvalue weighted by atomic mass is 10.3. The molecule has 0 saturated carbocycles. The van der Waals surface area contributed by atoms with Crippen LogP contribution in [0.5, 0.6) is 0 Å². The largest absolute Gasteiger partial charge is 0.298 e. The molecule has 0 bridgehead atoms. The molecule has 1 aromatic heterocycles. The molecule has 1 aromatic carbocycles. The smallest absolute Gasteiger partial charge is 0.148 e. The summed E-state index contributed by atoms with van der Waals surface area (Å²) >= 11 is 12.4. The predicted octanol–water partition coefficient (Wildman–Crippen LogP) is 5.07. The summed E-state index contributed by atoms with van der Waals surface area (Å²) in [6, 6.07) is 9.56. The van der Waals surface area contributed by atoms with Crippen molar-refractivity contribution in [2.24, 2.45) is 0 Å². The predicted molar refractivity (Wildman–Crippen MR) is 82.9 cm³/mol. The van der Waals surface area contributed by atoms with E-state index in [1.54, 1.807) is 11.3 Å². The van der Waals surface area contributed by atoms with E-state index >= 15 is 0 Å². The molecule has 0 fully saturated rings. The van der Waals surface area contributed by atoms with Crippen molar-refractivity contribution in [1.82, 2.24) is 0 Å². The Kier molecular flexibility index (Phi) is 5.30. The Morgan fingerprint density at radius 2 is 2.22 bits per heavy atom. The zero-order valence-electron chi connectivity index (χ0n) is 9.36. The molecule has 0 saturated heterocycles. The van der Waals surface area contributed by atoms with Gasteiger partial charge in [0.25, 0.3) is 0 Å². The van der Waals surface area contributed by atoms with E-state index < -0.39 is 0 Å². The Balaban J connectivity index is 1.85. The third-order valence-corrected chi connectivity index (χ3v) is 5.18. The summed E-state index contributed by atoms with van der Waals surface area (Å²) in [4.78, 5) is 13.9. The lowest BCUT2D eigenvalue weighted by molar-refractivity contribution is -0.115. The lowest BCUT2D eigenvalue weighted by Crippen LogP contribution is -2.04. The summed E-state index contributed by atoms with van der Waals surface area (Å²) in [5, 5.41) is 2.70. The van der Waals surface area contributed by atoms with Gasteiger partial charge in [0.05, 0.1) is 5.75 Å². The van der Waals surface area contributed by atoms with Gasteiger partial charge in [0.15, 0.2) is 0 Å². The zero-order valence-corrected chi connectivity index (χ0v) is 13.3. The second kappa shape index (κ2) is 6.75. The summed E-state index contributed by atoms with van der Waals surface area (Å²) in [5.41, 5.74) is 0. The van der Waals surface area contributed by atoms with E-state index in [-0.39, 0.29) is 5.78 Å². The molecule has 2 rings (SSSR count). The maximum absolute atomic E-state index is 11.8. The highest BCUT2D eigenvalue weighted by Crippen LogP contribution is 2.23. The Labute approximate surface area is 128 Å². The number of ketones is 1. The highest BCUT2D eigenvalue weighted by atomic mass is 79.9. The number of halogens is 2. The summed E-state index contributed by atoms with van der Waals surface area (Å²) in [5.74, 6) is 0.713. The number of benzene rings is 1. The molecule has 1 nitrogen and oxygen atoms in total. The minimum atomic E-state index is 0.231. The normalized spacial score (nSPS) is 10.6. The maximum Gasteiger partial charge on any atom is 0.148 e. The summed E-state index contributed by atoms with van der Waals surface area (Å²) in [6.07, 6.45) is 0.504. The van der Waals surface area contributed by atoms with Gasteiger partial charge in [-0.2, -0.15) is 0 Å². The average Bonchev–Trinajstić information content (AvgIpc) is 2.72. The molecule has 0 aliphatic carbocycles. The number of rotatable bonds is 5. The zero-order chi connectivity index (χ0) is 13.0. The van der Waals surface area contributed by atoms with Gasteiger partial charge in [-0.1, -0.05) is 17.7 Å². The quantitative estimate of drug-likeness (QED) is 0.692. The number of carbonyl (C=O) groups excluding carboxylic acids is 1. The van der Waals surface area contributed by atoms with E-state index in [4.69, 9.17) is 11.6 Å². The van der Waals surface area contributed by atoms with Crippen LogP contribution in [0, 0.1) is 0 Å². The monoisotopic (exact) mass is 360 g/mol. The van der Waals surface area contributed by atoms with Crippen molar-refractivity contribution < 1.29 is 4.79 Å². The van der Waals surface area contributed by atoms with Crippen molar-refractivity contribution in [3.63, 3.8) is 0 Å². The van der Waals surface area contributed by atoms with Gasteiger partial charge >= 0.3 is 0 Å². The molecule has 0 spiro atoms. The number of thiophene rings is 1. The van der Waals surface area contributed by atoms with E-state index in [2.05, 4.69) is 15.9 Å². The molecule has 0 unspecified atom stereocenters. The van der Waals surface area contributed by atoms with Gasteiger partial charge in [-0.15, -0.1) is 23.1 Å². The van der Waals surface area contributed by atoms with Crippen LogP contribution in [-0.4, -0.2) is 11.5 Å². The van der Waals surface area contributed by atoms with Crippen LogP contribution in [0.4, 0.5) is 0 Å². The third kappa shape index (κ3) is 4.43. The molecule has 0 aliphatic heterocycles. The number of Topliss-reactive ketones (excluding diaryl/α,β-unsaturated/α-hetero) is 1. The fourth-order valence-corrected chi connectivity index (χ4v) is 3.96. The van der Waals surface area contributed by atoms with Crippen molar-refractivity contribution in [2.45, 2.75) is 11.3 Å². The van der Waals surface area contributed by atoms with E-state index in [0.717, 1.165) is 14.2 Å². The highest BCUT2D eigenvalue weighted by molar-refractivity contribution is 9.10. The van der Waals surface area contributed by atoms with Crippen LogP contribution in [0.1, 0.15) is 4.88 Å². The average molecular weight is 362 g/mol. The van der Waals surface area contributed by atoms with Crippen LogP contribution < -0.4 is 0 Å². The highest BCUT2D eigenvalue weighted by Gasteiger charge is 2.07. The Hall–Kier alpha value is -0.290. The fraction of sp³-hybridized carbons (Fsp3) is 0.154. The first-order valence-electron chi connectivity index (χ1n) is 5.26. The van der Waals surface area contributed by atoms with Crippen LogP contribution >= 0.6 is 50.6 Å². The molecule has 18 heavy (non-hydrogen) atoms. The van der Waals surface area contributed by atoms with Gasteiger partial charge < -0.3 is 0 Å². The Morgan fingerprint density at radius 3 is 2.89 bits per heavy atom. The van der Waals surface area contributed by atoms with E-state index in [0.29, 0.717) is 17.2 Å². The van der Waals surface area contributed by atoms with Gasteiger partial charge in [-0.3, -0.25) is 4.79 Å². The van der Waals surface area contributed by atoms with Gasteiger partial charge in [-0.05, 0) is 40.2 Å². The van der Waals surface area contributed by atoms with E-state index in [9.17, 15) is 4.79 Å². The van der Waals surface area contributed by atoms with Crippen LogP contribution in [0.25, 0.3) is 0 Å². The standard InChI is InChI=1S/C13H10BrClOS2/c14-9-4-13(17-7-9)6-11(16)8-18-12-3-1-2-10(15)5-12/h1-5,7H,6,8H2. The second-order valence-corrected chi connectivity index (χ2v) is 7.09. The van der Waals surface area contributed by atoms with Crippen molar-refractivity contribution in [3.05, 3.63) is 50.1 Å². The third-order valence-electron chi connectivity index (χ3n) is 2.19. The molecule has 2 aromatic rings. The summed E-state index contributed by atoms with van der Waals surface area (Å²) in [7, 11) is 0.